The molecule has 4 rings (SSSR count). The summed E-state index contributed by atoms with van der Waals surface area (Å²) in [6.45, 7) is 1.77. The summed E-state index contributed by atoms with van der Waals surface area (Å²) in [5.74, 6) is -1.17. The molecule has 2 heterocycles. The number of Topliss-reactive ketones (excluding diaryl/α,β-unsaturated/α-hetero) is 1. The molecule has 154 valence electrons. The number of fused-ring (bicyclic) bond motifs is 1. The van der Waals surface area contributed by atoms with E-state index in [1.165, 1.54) is 0 Å². The van der Waals surface area contributed by atoms with Gasteiger partial charge in [-0.3, -0.25) is 14.6 Å². The van der Waals surface area contributed by atoms with Gasteiger partial charge in [0, 0.05) is 42.2 Å². The van der Waals surface area contributed by atoms with Crippen LogP contribution in [0.25, 0.3) is 11.3 Å². The molecule has 2 atom stereocenters. The van der Waals surface area contributed by atoms with E-state index in [0.717, 1.165) is 22.6 Å². The molecule has 3 aromatic rings. The standard InChI is InChI=1S/C23H24N4O3/c1-14(13-28)27-18-11-16(23(24)30)12-19(29)20(18)21(26-17-5-3-2-4-6-17)22(27)15-7-9-25-10-8-15/h2-10,14,16,26,28H,11-13H2,1H3,(H2,24,30)/t14-,16?/m1/s1. The van der Waals surface area contributed by atoms with E-state index in [2.05, 4.69) is 10.3 Å². The van der Waals surface area contributed by atoms with E-state index in [4.69, 9.17) is 5.73 Å². The summed E-state index contributed by atoms with van der Waals surface area (Å²) >= 11 is 0. The average molecular weight is 404 g/mol. The highest BCUT2D eigenvalue weighted by molar-refractivity contribution is 6.09. The Labute approximate surface area is 174 Å². The summed E-state index contributed by atoms with van der Waals surface area (Å²) in [4.78, 5) is 29.2. The number of hydrogen-bond donors (Lipinski definition) is 3. The number of aromatic nitrogens is 2. The number of aliphatic hydroxyl groups excluding tert-OH is 1. The number of nitrogens with zero attached hydrogens (tertiary/aromatic N) is 2. The summed E-state index contributed by atoms with van der Waals surface area (Å²) in [7, 11) is 0. The number of primary amides is 1. The van der Waals surface area contributed by atoms with Crippen molar-refractivity contribution in [3.63, 3.8) is 0 Å². The van der Waals surface area contributed by atoms with Gasteiger partial charge in [0.15, 0.2) is 5.78 Å². The minimum atomic E-state index is -0.556. The van der Waals surface area contributed by atoms with Gasteiger partial charge in [0.2, 0.25) is 5.91 Å². The van der Waals surface area contributed by atoms with E-state index >= 15 is 0 Å². The maximum atomic E-state index is 13.2. The number of anilines is 2. The van der Waals surface area contributed by atoms with Crippen LogP contribution in [0.15, 0.2) is 54.9 Å². The van der Waals surface area contributed by atoms with Crippen molar-refractivity contribution in [1.29, 1.82) is 0 Å². The number of carbonyl (C=O) groups is 2. The number of rotatable bonds is 6. The molecule has 1 amide bonds. The molecule has 4 N–H and O–H groups in total. The lowest BCUT2D eigenvalue weighted by Crippen LogP contribution is -2.32. The number of nitrogens with one attached hydrogen (secondary N) is 1. The average Bonchev–Trinajstić information content (AvgIpc) is 3.09. The number of ketones is 1. The SMILES string of the molecule is C[C@H](CO)n1c2c(c(Nc3ccccc3)c1-c1ccncc1)C(=O)CC(C(N)=O)C2. The summed E-state index contributed by atoms with van der Waals surface area (Å²) in [5, 5.41) is 13.4. The highest BCUT2D eigenvalue weighted by Crippen LogP contribution is 2.44. The first-order valence-electron chi connectivity index (χ1n) is 9.94. The Hall–Kier alpha value is -3.45. The monoisotopic (exact) mass is 404 g/mol. The van der Waals surface area contributed by atoms with Crippen LogP contribution in [-0.2, 0) is 11.2 Å². The van der Waals surface area contributed by atoms with Crippen LogP contribution in [0.2, 0.25) is 0 Å². The Bertz CT molecular complexity index is 1080. The van der Waals surface area contributed by atoms with Crippen LogP contribution in [0, 0.1) is 5.92 Å². The fraction of sp³-hybridized carbons (Fsp3) is 0.261. The van der Waals surface area contributed by atoms with Crippen LogP contribution < -0.4 is 11.1 Å². The number of pyridine rings is 1. The Morgan fingerprint density at radius 1 is 1.23 bits per heavy atom. The molecule has 1 unspecified atom stereocenters. The third-order valence-corrected chi connectivity index (χ3v) is 5.56. The largest absolute Gasteiger partial charge is 0.394 e. The zero-order valence-electron chi connectivity index (χ0n) is 16.7. The molecule has 1 aliphatic rings. The summed E-state index contributed by atoms with van der Waals surface area (Å²) in [6.07, 6.45) is 3.82. The predicted octanol–water partition coefficient (Wildman–Crippen LogP) is 3.08. The van der Waals surface area contributed by atoms with Gasteiger partial charge in [0.25, 0.3) is 0 Å². The van der Waals surface area contributed by atoms with Crippen LogP contribution >= 0.6 is 0 Å². The molecule has 0 radical (unpaired) electrons. The molecule has 30 heavy (non-hydrogen) atoms. The fourth-order valence-corrected chi connectivity index (χ4v) is 4.12. The first-order valence-corrected chi connectivity index (χ1v) is 9.94. The molecular formula is C23H24N4O3. The predicted molar refractivity (Wildman–Crippen MR) is 115 cm³/mol. The van der Waals surface area contributed by atoms with E-state index < -0.39 is 11.8 Å². The molecule has 1 aliphatic carbocycles. The van der Waals surface area contributed by atoms with Crippen molar-refractivity contribution in [2.75, 3.05) is 11.9 Å². The number of nitrogens with two attached hydrogens (primary N) is 1. The molecule has 1 aromatic carbocycles. The summed E-state index contributed by atoms with van der Waals surface area (Å²) in [6, 6.07) is 13.0. The Morgan fingerprint density at radius 2 is 1.93 bits per heavy atom. The molecule has 0 spiro atoms. The van der Waals surface area contributed by atoms with Crippen molar-refractivity contribution in [2.24, 2.45) is 11.7 Å². The van der Waals surface area contributed by atoms with Gasteiger partial charge in [-0.25, -0.2) is 0 Å². The number of aliphatic hydroxyl groups is 1. The molecule has 0 aliphatic heterocycles. The van der Waals surface area contributed by atoms with Gasteiger partial charge in [-0.2, -0.15) is 0 Å². The first kappa shape index (κ1) is 19.8. The Morgan fingerprint density at radius 3 is 2.57 bits per heavy atom. The second-order valence-electron chi connectivity index (χ2n) is 7.60. The second kappa shape index (κ2) is 8.12. The molecule has 7 heteroatoms. The Balaban J connectivity index is 2.00. The number of hydrogen-bond acceptors (Lipinski definition) is 5. The molecule has 0 saturated heterocycles. The lowest BCUT2D eigenvalue weighted by molar-refractivity contribution is -0.121. The molecule has 0 fully saturated rings. The van der Waals surface area contributed by atoms with E-state index in [9.17, 15) is 14.7 Å². The summed E-state index contributed by atoms with van der Waals surface area (Å²) < 4.78 is 1.96. The van der Waals surface area contributed by atoms with E-state index in [0.29, 0.717) is 17.7 Å². The van der Waals surface area contributed by atoms with E-state index in [1.807, 2.05) is 54.0 Å². The lowest BCUT2D eigenvalue weighted by atomic mass is 9.85. The van der Waals surface area contributed by atoms with Crippen molar-refractivity contribution < 1.29 is 14.7 Å². The van der Waals surface area contributed by atoms with Crippen molar-refractivity contribution in [1.82, 2.24) is 9.55 Å². The third kappa shape index (κ3) is 3.48. The lowest BCUT2D eigenvalue weighted by Gasteiger charge is -2.24. The molecular weight excluding hydrogens is 380 g/mol. The van der Waals surface area contributed by atoms with Gasteiger partial charge in [-0.15, -0.1) is 0 Å². The zero-order chi connectivity index (χ0) is 21.3. The van der Waals surface area contributed by atoms with E-state index in [1.54, 1.807) is 12.4 Å². The first-order chi connectivity index (χ1) is 14.5. The van der Waals surface area contributed by atoms with Crippen molar-refractivity contribution in [2.45, 2.75) is 25.8 Å². The van der Waals surface area contributed by atoms with Crippen LogP contribution in [0.3, 0.4) is 0 Å². The quantitative estimate of drug-likeness (QED) is 0.585. The summed E-state index contributed by atoms with van der Waals surface area (Å²) in [5.41, 5.74) is 10.00. The highest BCUT2D eigenvalue weighted by atomic mass is 16.3. The molecule has 7 nitrogen and oxygen atoms in total. The molecule has 0 saturated carbocycles. The fourth-order valence-electron chi connectivity index (χ4n) is 4.12. The van der Waals surface area contributed by atoms with E-state index in [-0.39, 0.29) is 24.9 Å². The zero-order valence-corrected chi connectivity index (χ0v) is 16.7. The molecule has 2 aromatic heterocycles. The number of carbonyl (C=O) groups excluding carboxylic acids is 2. The number of para-hydroxylation sites is 1. The van der Waals surface area contributed by atoms with Crippen molar-refractivity contribution in [3.05, 3.63) is 66.1 Å². The number of benzene rings is 1. The normalized spacial score (nSPS) is 16.7. The van der Waals surface area contributed by atoms with Gasteiger partial charge in [-0.05, 0) is 31.2 Å². The van der Waals surface area contributed by atoms with Gasteiger partial charge in [-0.1, -0.05) is 18.2 Å². The van der Waals surface area contributed by atoms with Crippen LogP contribution in [-0.4, -0.2) is 33.0 Å². The maximum absolute atomic E-state index is 13.2. The van der Waals surface area contributed by atoms with Gasteiger partial charge >= 0.3 is 0 Å². The van der Waals surface area contributed by atoms with Crippen LogP contribution in [0.1, 0.15) is 35.4 Å². The van der Waals surface area contributed by atoms with Gasteiger partial charge in [0.05, 0.1) is 35.5 Å². The number of amides is 1. The highest BCUT2D eigenvalue weighted by Gasteiger charge is 2.37. The van der Waals surface area contributed by atoms with Gasteiger partial charge < -0.3 is 20.7 Å². The van der Waals surface area contributed by atoms with Crippen molar-refractivity contribution >= 4 is 23.1 Å². The van der Waals surface area contributed by atoms with Gasteiger partial charge in [0.1, 0.15) is 0 Å². The van der Waals surface area contributed by atoms with Crippen molar-refractivity contribution in [3.8, 4) is 11.3 Å². The topological polar surface area (TPSA) is 110 Å². The molecule has 0 bridgehead atoms. The second-order valence-corrected chi connectivity index (χ2v) is 7.60. The smallest absolute Gasteiger partial charge is 0.221 e. The van der Waals surface area contributed by atoms with Crippen LogP contribution in [0.4, 0.5) is 11.4 Å². The third-order valence-electron chi connectivity index (χ3n) is 5.56. The Kier molecular flexibility index (Phi) is 5.37. The minimum absolute atomic E-state index is 0.0824. The maximum Gasteiger partial charge on any atom is 0.221 e. The van der Waals surface area contributed by atoms with Crippen LogP contribution in [0.5, 0.6) is 0 Å². The minimum Gasteiger partial charge on any atom is -0.394 e.